The van der Waals surface area contributed by atoms with Crippen molar-refractivity contribution in [3.05, 3.63) is 64.1 Å². The van der Waals surface area contributed by atoms with Gasteiger partial charge in [-0.1, -0.05) is 46.3 Å². The standard InChI is InChI=1S/C19H21BrN2O.ClH/c20-16-6-3-4-14(12-16)13-22(17-9-10-17)19(23)11-8-15-5-1-2-7-18(15)21;/h1-7,12,17H,8-11,13,21H2;1H. The molecule has 0 unspecified atom stereocenters. The smallest absolute Gasteiger partial charge is 0.223 e. The molecule has 2 aromatic rings. The molecule has 1 aliphatic rings. The Morgan fingerprint density at radius 2 is 1.92 bits per heavy atom. The number of carbonyl (C=O) groups excluding carboxylic acids is 1. The van der Waals surface area contributed by atoms with Crippen LogP contribution < -0.4 is 5.73 Å². The third kappa shape index (κ3) is 4.99. The Hall–Kier alpha value is -1.52. The zero-order chi connectivity index (χ0) is 16.2. The summed E-state index contributed by atoms with van der Waals surface area (Å²) in [5, 5.41) is 0. The van der Waals surface area contributed by atoms with Gasteiger partial charge in [0.2, 0.25) is 5.91 Å². The zero-order valence-electron chi connectivity index (χ0n) is 13.5. The molecule has 0 bridgehead atoms. The second-order valence-corrected chi connectivity index (χ2v) is 7.00. The Balaban J connectivity index is 0.00000208. The molecule has 0 heterocycles. The van der Waals surface area contributed by atoms with Crippen LogP contribution in [0.3, 0.4) is 0 Å². The second-order valence-electron chi connectivity index (χ2n) is 6.08. The van der Waals surface area contributed by atoms with Gasteiger partial charge in [0.05, 0.1) is 0 Å². The number of hydrogen-bond acceptors (Lipinski definition) is 2. The van der Waals surface area contributed by atoms with Crippen LogP contribution in [-0.2, 0) is 17.8 Å². The van der Waals surface area contributed by atoms with Gasteiger partial charge in [-0.15, -0.1) is 12.4 Å². The Labute approximate surface area is 157 Å². The van der Waals surface area contributed by atoms with Gasteiger partial charge >= 0.3 is 0 Å². The maximum absolute atomic E-state index is 12.7. The topological polar surface area (TPSA) is 46.3 Å². The third-order valence-corrected chi connectivity index (χ3v) is 4.71. The van der Waals surface area contributed by atoms with Gasteiger partial charge < -0.3 is 10.6 Å². The third-order valence-electron chi connectivity index (χ3n) is 4.21. The molecular formula is C19H22BrClN2O. The minimum atomic E-state index is 0. The van der Waals surface area contributed by atoms with Gasteiger partial charge in [-0.3, -0.25) is 4.79 Å². The fraction of sp³-hybridized carbons (Fsp3) is 0.316. The number of carbonyl (C=O) groups is 1. The van der Waals surface area contributed by atoms with E-state index in [0.29, 0.717) is 25.4 Å². The molecule has 3 nitrogen and oxygen atoms in total. The number of aryl methyl sites for hydroxylation is 1. The molecule has 0 saturated heterocycles. The highest BCUT2D eigenvalue weighted by atomic mass is 79.9. The summed E-state index contributed by atoms with van der Waals surface area (Å²) >= 11 is 3.49. The number of halogens is 2. The maximum atomic E-state index is 12.7. The highest BCUT2D eigenvalue weighted by Gasteiger charge is 2.32. The first-order chi connectivity index (χ1) is 11.1. The van der Waals surface area contributed by atoms with Crippen LogP contribution in [0.2, 0.25) is 0 Å². The van der Waals surface area contributed by atoms with E-state index < -0.39 is 0 Å². The van der Waals surface area contributed by atoms with Crippen LogP contribution in [0, 0.1) is 0 Å². The highest BCUT2D eigenvalue weighted by molar-refractivity contribution is 9.10. The van der Waals surface area contributed by atoms with E-state index in [9.17, 15) is 4.79 Å². The molecule has 5 heteroatoms. The van der Waals surface area contributed by atoms with Gasteiger partial charge in [0.1, 0.15) is 0 Å². The molecular weight excluding hydrogens is 388 g/mol. The monoisotopic (exact) mass is 408 g/mol. The van der Waals surface area contributed by atoms with Crippen molar-refractivity contribution in [1.82, 2.24) is 4.90 Å². The number of nitrogens with two attached hydrogens (primary N) is 1. The number of hydrogen-bond donors (Lipinski definition) is 1. The number of rotatable bonds is 6. The largest absolute Gasteiger partial charge is 0.399 e. The van der Waals surface area contributed by atoms with Gasteiger partial charge in [-0.05, 0) is 48.6 Å². The minimum Gasteiger partial charge on any atom is -0.399 e. The molecule has 1 amide bonds. The lowest BCUT2D eigenvalue weighted by atomic mass is 10.1. The molecule has 0 spiro atoms. The Morgan fingerprint density at radius 1 is 1.17 bits per heavy atom. The second kappa shape index (κ2) is 8.54. The summed E-state index contributed by atoms with van der Waals surface area (Å²) in [5.41, 5.74) is 8.95. The number of nitrogen functional groups attached to an aromatic ring is 1. The van der Waals surface area contributed by atoms with Crippen molar-refractivity contribution in [1.29, 1.82) is 0 Å². The summed E-state index contributed by atoms with van der Waals surface area (Å²) in [6.07, 6.45) is 3.45. The first kappa shape index (κ1) is 18.8. The lowest BCUT2D eigenvalue weighted by Gasteiger charge is -2.23. The number of anilines is 1. The van der Waals surface area contributed by atoms with E-state index in [1.54, 1.807) is 0 Å². The van der Waals surface area contributed by atoms with E-state index in [-0.39, 0.29) is 18.3 Å². The van der Waals surface area contributed by atoms with Crippen LogP contribution in [0.5, 0.6) is 0 Å². The summed E-state index contributed by atoms with van der Waals surface area (Å²) in [4.78, 5) is 14.7. The van der Waals surface area contributed by atoms with Gasteiger partial charge in [0.25, 0.3) is 0 Å². The summed E-state index contributed by atoms with van der Waals surface area (Å²) < 4.78 is 1.05. The van der Waals surface area contributed by atoms with E-state index in [0.717, 1.165) is 28.6 Å². The SMILES string of the molecule is Cl.Nc1ccccc1CCC(=O)N(Cc1cccc(Br)c1)C1CC1. The summed E-state index contributed by atoms with van der Waals surface area (Å²) in [6, 6.07) is 16.4. The predicted octanol–water partition coefficient (Wildman–Crippen LogP) is 4.58. The van der Waals surface area contributed by atoms with Crippen LogP contribution >= 0.6 is 28.3 Å². The van der Waals surface area contributed by atoms with Crippen molar-refractivity contribution in [3.8, 4) is 0 Å². The Morgan fingerprint density at radius 3 is 2.58 bits per heavy atom. The quantitative estimate of drug-likeness (QED) is 0.710. The number of nitrogens with zero attached hydrogens (tertiary/aromatic N) is 1. The van der Waals surface area contributed by atoms with E-state index in [1.807, 2.05) is 41.3 Å². The minimum absolute atomic E-state index is 0. The summed E-state index contributed by atoms with van der Waals surface area (Å²) in [5.74, 6) is 0.218. The molecule has 0 aromatic heterocycles. The molecule has 0 aliphatic heterocycles. The molecule has 0 radical (unpaired) electrons. The molecule has 3 rings (SSSR count). The van der Waals surface area contributed by atoms with Crippen LogP contribution in [0.4, 0.5) is 5.69 Å². The molecule has 1 saturated carbocycles. The van der Waals surface area contributed by atoms with E-state index in [1.165, 1.54) is 5.56 Å². The van der Waals surface area contributed by atoms with Crippen molar-refractivity contribution in [2.75, 3.05) is 5.73 Å². The van der Waals surface area contributed by atoms with Gasteiger partial charge in [-0.2, -0.15) is 0 Å². The predicted molar refractivity (Wildman–Crippen MR) is 104 cm³/mol. The number of benzene rings is 2. The van der Waals surface area contributed by atoms with Crippen LogP contribution in [0.1, 0.15) is 30.4 Å². The lowest BCUT2D eigenvalue weighted by molar-refractivity contribution is -0.132. The normalized spacial score (nSPS) is 13.2. The molecule has 0 atom stereocenters. The summed E-state index contributed by atoms with van der Waals surface area (Å²) in [7, 11) is 0. The molecule has 24 heavy (non-hydrogen) atoms. The van der Waals surface area contributed by atoms with Crippen molar-refractivity contribution < 1.29 is 4.79 Å². The Kier molecular flexibility index (Phi) is 6.69. The average molecular weight is 410 g/mol. The highest BCUT2D eigenvalue weighted by Crippen LogP contribution is 2.29. The fourth-order valence-corrected chi connectivity index (χ4v) is 3.23. The molecule has 2 aromatic carbocycles. The Bertz CT molecular complexity index is 703. The van der Waals surface area contributed by atoms with Crippen molar-refractivity contribution in [2.45, 2.75) is 38.3 Å². The van der Waals surface area contributed by atoms with Crippen molar-refractivity contribution in [3.63, 3.8) is 0 Å². The molecule has 2 N–H and O–H groups in total. The summed E-state index contributed by atoms with van der Waals surface area (Å²) in [6.45, 7) is 0.688. The van der Waals surface area contributed by atoms with Crippen molar-refractivity contribution in [2.24, 2.45) is 0 Å². The first-order valence-electron chi connectivity index (χ1n) is 8.01. The maximum Gasteiger partial charge on any atom is 0.223 e. The van der Waals surface area contributed by atoms with Gasteiger partial charge in [0.15, 0.2) is 0 Å². The van der Waals surface area contributed by atoms with Crippen LogP contribution in [0.15, 0.2) is 53.0 Å². The lowest BCUT2D eigenvalue weighted by Crippen LogP contribution is -2.32. The molecule has 1 aliphatic carbocycles. The van der Waals surface area contributed by atoms with Crippen LogP contribution in [0.25, 0.3) is 0 Å². The average Bonchev–Trinajstić information content (AvgIpc) is 3.36. The van der Waals surface area contributed by atoms with E-state index in [2.05, 4.69) is 28.1 Å². The van der Waals surface area contributed by atoms with Crippen molar-refractivity contribution >= 4 is 39.9 Å². The van der Waals surface area contributed by atoms with E-state index >= 15 is 0 Å². The fourth-order valence-electron chi connectivity index (χ4n) is 2.79. The van der Waals surface area contributed by atoms with E-state index in [4.69, 9.17) is 5.73 Å². The van der Waals surface area contributed by atoms with Gasteiger partial charge in [-0.25, -0.2) is 0 Å². The van der Waals surface area contributed by atoms with Crippen LogP contribution in [-0.4, -0.2) is 16.8 Å². The molecule has 1 fully saturated rings. The molecule has 128 valence electrons. The first-order valence-corrected chi connectivity index (χ1v) is 8.80. The van der Waals surface area contributed by atoms with Gasteiger partial charge in [0, 0.05) is 29.2 Å². The number of para-hydroxylation sites is 1. The number of amides is 1. The zero-order valence-corrected chi connectivity index (χ0v) is 15.9.